The number of allylic oxidation sites excluding steroid dienone is 3. The molecule has 8 bridgehead atoms. The van der Waals surface area contributed by atoms with E-state index in [1.54, 1.807) is 26.0 Å². The van der Waals surface area contributed by atoms with Gasteiger partial charge in [-0.2, -0.15) is 13.2 Å². The number of hydrogen-bond acceptors (Lipinski definition) is 9. The Balaban J connectivity index is 0.00000605. The van der Waals surface area contributed by atoms with Crippen LogP contribution < -0.4 is 9.97 Å². The molecule has 1 radical (unpaired) electrons. The van der Waals surface area contributed by atoms with Crippen molar-refractivity contribution in [2.75, 3.05) is 14.2 Å². The molecule has 5 heterocycles. The molecule has 5 rings (SSSR count). The summed E-state index contributed by atoms with van der Waals surface area (Å²) >= 11 is 0. The number of aryl methyl sites for hydroxylation is 3. The standard InChI is InChI=1S/C37H36F3N4O7.Cu/c1-17-22(8-10-33(47)49-6)29-15-30-23(9-11-34(48)50-7)18(2)27(42-30)14-32-35(36(37(38,39)40)51-21(5)46)20(4)28(44-32)13-31-24(16-45)19(3)26(43-31)12-25(17)41-29;/h12-16,36H,8-11H2,1-7H3,(H-,41,42,43,44,45);/q-1;+2/p-1. The summed E-state index contributed by atoms with van der Waals surface area (Å²) in [5, 5.41) is 0. The van der Waals surface area contributed by atoms with E-state index in [2.05, 4.69) is 9.97 Å². The number of aldehydes is 1. The number of aromatic nitrogens is 4. The molecule has 52 heavy (non-hydrogen) atoms. The van der Waals surface area contributed by atoms with Gasteiger partial charge in [-0.25, -0.2) is 9.97 Å². The van der Waals surface area contributed by atoms with Crippen LogP contribution in [0.5, 0.6) is 0 Å². The number of carbonyl (C=O) groups excluding carboxylic acids is 4. The number of esters is 3. The number of methoxy groups -OCH3 is 2. The summed E-state index contributed by atoms with van der Waals surface area (Å²) in [7, 11) is 2.56. The Kier molecular flexibility index (Phi) is 12.0. The van der Waals surface area contributed by atoms with Crippen molar-refractivity contribution < 1.29 is 63.6 Å². The van der Waals surface area contributed by atoms with E-state index in [4.69, 9.17) is 24.2 Å². The van der Waals surface area contributed by atoms with Crippen LogP contribution in [0.2, 0.25) is 0 Å². The first-order chi connectivity index (χ1) is 24.1. The maximum atomic E-state index is 14.6. The molecular formula is C37H35CuF3N4O7. The van der Waals surface area contributed by atoms with Crippen LogP contribution >= 0.6 is 0 Å². The van der Waals surface area contributed by atoms with Crippen molar-refractivity contribution in [1.29, 1.82) is 0 Å². The molecule has 1 unspecified atom stereocenters. The second kappa shape index (κ2) is 15.7. The molecule has 0 aromatic carbocycles. The predicted molar refractivity (Wildman–Crippen MR) is 182 cm³/mol. The molecule has 11 nitrogen and oxygen atoms in total. The summed E-state index contributed by atoms with van der Waals surface area (Å²) < 4.78 is 58.3. The number of halogens is 3. The van der Waals surface area contributed by atoms with Gasteiger partial charge in [0.1, 0.15) is 6.29 Å². The van der Waals surface area contributed by atoms with Gasteiger partial charge in [0.2, 0.25) is 6.10 Å². The Morgan fingerprint density at radius 2 is 1.29 bits per heavy atom. The van der Waals surface area contributed by atoms with Gasteiger partial charge in [-0.15, -0.1) is 22.1 Å². The van der Waals surface area contributed by atoms with Crippen molar-refractivity contribution in [3.63, 3.8) is 0 Å². The monoisotopic (exact) mass is 767 g/mol. The minimum Gasteiger partial charge on any atom is -0.657 e. The molecule has 2 aliphatic rings. The minimum atomic E-state index is -5.01. The van der Waals surface area contributed by atoms with Crippen LogP contribution in [-0.2, 0) is 52.1 Å². The number of ether oxygens (including phenoxy) is 3. The summed E-state index contributed by atoms with van der Waals surface area (Å²) in [6.45, 7) is 7.58. The van der Waals surface area contributed by atoms with Gasteiger partial charge in [0.25, 0.3) is 0 Å². The molecule has 2 aliphatic heterocycles. The molecule has 0 fully saturated rings. The first-order valence-electron chi connectivity index (χ1n) is 16.0. The van der Waals surface area contributed by atoms with E-state index in [0.717, 1.165) is 18.1 Å². The topological polar surface area (TPSA) is 150 Å². The Morgan fingerprint density at radius 1 is 0.769 bits per heavy atom. The van der Waals surface area contributed by atoms with Gasteiger partial charge in [-0.1, -0.05) is 41.0 Å². The molecule has 0 saturated heterocycles. The van der Waals surface area contributed by atoms with Crippen molar-refractivity contribution in [2.45, 2.75) is 72.6 Å². The van der Waals surface area contributed by atoms with Crippen molar-refractivity contribution in [1.82, 2.24) is 19.9 Å². The minimum absolute atomic E-state index is 0. The third-order valence-electron chi connectivity index (χ3n) is 9.05. The molecule has 277 valence electrons. The molecule has 0 saturated carbocycles. The first kappa shape index (κ1) is 39.8. The van der Waals surface area contributed by atoms with Crippen LogP contribution in [0, 0.1) is 13.8 Å². The fourth-order valence-corrected chi connectivity index (χ4v) is 6.23. The third kappa shape index (κ3) is 7.90. The Morgan fingerprint density at radius 3 is 1.88 bits per heavy atom. The first-order valence-corrected chi connectivity index (χ1v) is 16.0. The number of hydrogen-bond donors (Lipinski definition) is 0. The number of fused-ring (bicyclic) bond motifs is 8. The molecule has 3 aromatic rings. The fourth-order valence-electron chi connectivity index (χ4n) is 6.23. The number of carbonyl (C=O) groups is 4. The Bertz CT molecular complexity index is 2200. The van der Waals surface area contributed by atoms with Crippen LogP contribution in [0.25, 0.3) is 44.4 Å². The number of alkyl halides is 3. The summed E-state index contributed by atoms with van der Waals surface area (Å²) in [5.41, 5.74) is 5.19. The molecule has 1 atom stereocenters. The molecule has 0 N–H and O–H groups in total. The largest absolute Gasteiger partial charge is 2.00 e. The van der Waals surface area contributed by atoms with E-state index in [1.807, 2.05) is 6.92 Å². The normalized spacial score (nSPS) is 13.4. The van der Waals surface area contributed by atoms with E-state index >= 15 is 0 Å². The van der Waals surface area contributed by atoms with Crippen LogP contribution in [0.15, 0.2) is 24.3 Å². The van der Waals surface area contributed by atoms with E-state index < -0.39 is 35.8 Å². The van der Waals surface area contributed by atoms with Crippen molar-refractivity contribution >= 4 is 68.6 Å². The quantitative estimate of drug-likeness (QED) is 0.103. The third-order valence-corrected chi connectivity index (χ3v) is 9.05. The van der Waals surface area contributed by atoms with E-state index in [9.17, 15) is 32.3 Å². The summed E-state index contributed by atoms with van der Waals surface area (Å²) in [6, 6.07) is 6.19. The van der Waals surface area contributed by atoms with Crippen LogP contribution in [0.3, 0.4) is 0 Å². The molecule has 0 amide bonds. The second-order valence-corrected chi connectivity index (χ2v) is 12.2. The van der Waals surface area contributed by atoms with Crippen molar-refractivity contribution in [2.24, 2.45) is 0 Å². The van der Waals surface area contributed by atoms with Gasteiger partial charge in [-0.3, -0.25) is 19.2 Å². The van der Waals surface area contributed by atoms with Crippen LogP contribution in [0.1, 0.15) is 89.9 Å². The number of rotatable bonds is 9. The second-order valence-electron chi connectivity index (χ2n) is 12.2. The summed E-state index contributed by atoms with van der Waals surface area (Å²) in [4.78, 5) is 67.5. The zero-order chi connectivity index (χ0) is 37.4. The van der Waals surface area contributed by atoms with Gasteiger partial charge < -0.3 is 24.2 Å². The van der Waals surface area contributed by atoms with Crippen LogP contribution in [-0.4, -0.2) is 60.7 Å². The molecule has 15 heteroatoms. The van der Waals surface area contributed by atoms with Crippen molar-refractivity contribution in [3.8, 4) is 0 Å². The van der Waals surface area contributed by atoms with E-state index in [0.29, 0.717) is 45.4 Å². The Labute approximate surface area is 307 Å². The van der Waals surface area contributed by atoms with Crippen molar-refractivity contribution in [3.05, 3.63) is 69.3 Å². The van der Waals surface area contributed by atoms with E-state index in [1.165, 1.54) is 33.3 Å². The van der Waals surface area contributed by atoms with Gasteiger partial charge in [0, 0.05) is 30.9 Å². The van der Waals surface area contributed by atoms with Gasteiger partial charge in [0.05, 0.1) is 37.0 Å². The van der Waals surface area contributed by atoms with Crippen LogP contribution in [0.4, 0.5) is 13.2 Å². The van der Waals surface area contributed by atoms with Gasteiger partial charge in [0.15, 0.2) is 0 Å². The molecule has 0 spiro atoms. The van der Waals surface area contributed by atoms with E-state index in [-0.39, 0.29) is 76.3 Å². The zero-order valence-electron chi connectivity index (χ0n) is 29.4. The molecule has 3 aromatic heterocycles. The maximum absolute atomic E-state index is 14.6. The zero-order valence-corrected chi connectivity index (χ0v) is 30.3. The predicted octanol–water partition coefficient (Wildman–Crippen LogP) is 6.41. The smallest absolute Gasteiger partial charge is 0.657 e. The number of nitrogens with zero attached hydrogens (tertiary/aromatic N) is 4. The summed E-state index contributed by atoms with van der Waals surface area (Å²) in [6.07, 6.45) is -6.54. The maximum Gasteiger partial charge on any atom is 2.00 e. The molecule has 0 aliphatic carbocycles. The van der Waals surface area contributed by atoms with Gasteiger partial charge >= 0.3 is 41.2 Å². The summed E-state index contributed by atoms with van der Waals surface area (Å²) in [5.74, 6) is -2.04. The molecular weight excluding hydrogens is 733 g/mol. The SMILES string of the molecule is COC(=O)CCC1=C(C)c2cc3[n-]c(cc4nc(cc5[n-]c(cc1n2)c(CCC(=O)OC)c5C)C(C(OC(C)=O)C(F)(F)F)=C4C)c(C=O)c3C.[Cu+2]. The average Bonchev–Trinajstić information content (AvgIpc) is 3.73. The van der Waals surface area contributed by atoms with Gasteiger partial charge in [-0.05, 0) is 57.3 Å². The fraction of sp³-hybridized carbons (Fsp3) is 0.351. The average molecular weight is 768 g/mol. The Hall–Kier alpha value is -5.01.